The molecule has 0 radical (unpaired) electrons. The summed E-state index contributed by atoms with van der Waals surface area (Å²) in [5.41, 5.74) is 7.37. The summed E-state index contributed by atoms with van der Waals surface area (Å²) in [4.78, 5) is 12.5. The lowest BCUT2D eigenvalue weighted by Crippen LogP contribution is -2.47. The molecule has 0 aromatic heterocycles. The van der Waals surface area contributed by atoms with Crippen LogP contribution in [-0.4, -0.2) is 24.6 Å². The molecule has 2 aliphatic carbocycles. The largest absolute Gasteiger partial charge is 0.488 e. The maximum atomic E-state index is 12.5. The predicted octanol–water partition coefficient (Wildman–Crippen LogP) is 3.06. The van der Waals surface area contributed by atoms with Gasteiger partial charge in [0, 0.05) is 6.04 Å². The minimum Gasteiger partial charge on any atom is -0.488 e. The molecule has 5 heteroatoms. The van der Waals surface area contributed by atoms with E-state index in [0.29, 0.717) is 18.4 Å². The summed E-state index contributed by atoms with van der Waals surface area (Å²) in [6, 6.07) is 8.04. The summed E-state index contributed by atoms with van der Waals surface area (Å²) in [5.74, 6) is 2.07. The fourth-order valence-corrected chi connectivity index (χ4v) is 4.19. The summed E-state index contributed by atoms with van der Waals surface area (Å²) >= 11 is 0. The molecule has 4 nitrogen and oxygen atoms in total. The second kappa shape index (κ2) is 8.21. The first-order chi connectivity index (χ1) is 11.1. The standard InChI is InChI=1S/C19H28N2O2.ClH/c1-3-15(23-16-7-5-4-6-12(16)2)11-21-19(22)17-13-8-9-14(10-13)18(17)20;/h4-7,13-15,17-18H,3,8-11,20H2,1-2H3,(H,21,22);1H. The number of benzene rings is 1. The fourth-order valence-electron chi connectivity index (χ4n) is 4.19. The Hall–Kier alpha value is -1.26. The number of aryl methyl sites for hydroxylation is 1. The van der Waals surface area contributed by atoms with Gasteiger partial charge in [-0.2, -0.15) is 0 Å². The van der Waals surface area contributed by atoms with Crippen molar-refractivity contribution in [2.24, 2.45) is 23.5 Å². The Balaban J connectivity index is 0.00000208. The second-order valence-corrected chi connectivity index (χ2v) is 7.10. The van der Waals surface area contributed by atoms with Gasteiger partial charge < -0.3 is 15.8 Å². The zero-order chi connectivity index (χ0) is 16.4. The topological polar surface area (TPSA) is 64.4 Å². The van der Waals surface area contributed by atoms with Crippen LogP contribution in [0.5, 0.6) is 5.75 Å². The molecule has 2 fully saturated rings. The van der Waals surface area contributed by atoms with Crippen molar-refractivity contribution in [2.75, 3.05) is 6.54 Å². The number of carbonyl (C=O) groups is 1. The van der Waals surface area contributed by atoms with E-state index in [0.717, 1.165) is 30.6 Å². The minimum atomic E-state index is -0.00475. The van der Waals surface area contributed by atoms with Gasteiger partial charge in [0.15, 0.2) is 0 Å². The molecule has 5 atom stereocenters. The number of carbonyl (C=O) groups excluding carboxylic acids is 1. The van der Waals surface area contributed by atoms with Crippen molar-refractivity contribution in [3.05, 3.63) is 29.8 Å². The van der Waals surface area contributed by atoms with Crippen LogP contribution in [0.1, 0.15) is 38.2 Å². The van der Waals surface area contributed by atoms with Crippen molar-refractivity contribution in [3.8, 4) is 5.75 Å². The van der Waals surface area contributed by atoms with Gasteiger partial charge >= 0.3 is 0 Å². The quantitative estimate of drug-likeness (QED) is 0.827. The van der Waals surface area contributed by atoms with Crippen LogP contribution in [0.15, 0.2) is 24.3 Å². The molecular weight excluding hydrogens is 324 g/mol. The van der Waals surface area contributed by atoms with Gasteiger partial charge in [0.1, 0.15) is 11.9 Å². The van der Waals surface area contributed by atoms with Crippen molar-refractivity contribution in [1.82, 2.24) is 5.32 Å². The van der Waals surface area contributed by atoms with Crippen molar-refractivity contribution >= 4 is 18.3 Å². The molecule has 3 N–H and O–H groups in total. The number of nitrogens with one attached hydrogen (secondary N) is 1. The van der Waals surface area contributed by atoms with Crippen LogP contribution in [-0.2, 0) is 4.79 Å². The van der Waals surface area contributed by atoms with E-state index in [2.05, 4.69) is 12.2 Å². The Labute approximate surface area is 150 Å². The second-order valence-electron chi connectivity index (χ2n) is 7.10. The van der Waals surface area contributed by atoms with E-state index < -0.39 is 0 Å². The molecule has 24 heavy (non-hydrogen) atoms. The molecule has 134 valence electrons. The van der Waals surface area contributed by atoms with Gasteiger partial charge in [0.05, 0.1) is 12.5 Å². The number of hydrogen-bond acceptors (Lipinski definition) is 3. The average molecular weight is 353 g/mol. The van der Waals surface area contributed by atoms with E-state index in [1.165, 1.54) is 6.42 Å². The normalized spacial score (nSPS) is 29.0. The van der Waals surface area contributed by atoms with Gasteiger partial charge in [-0.15, -0.1) is 12.4 Å². The Morgan fingerprint density at radius 1 is 1.33 bits per heavy atom. The van der Waals surface area contributed by atoms with Gasteiger partial charge in [-0.1, -0.05) is 25.1 Å². The van der Waals surface area contributed by atoms with Gasteiger partial charge in [-0.05, 0) is 56.1 Å². The lowest BCUT2D eigenvalue weighted by Gasteiger charge is -2.28. The van der Waals surface area contributed by atoms with Gasteiger partial charge in [0.25, 0.3) is 0 Å². The number of halogens is 1. The third kappa shape index (κ3) is 3.86. The molecule has 0 spiro atoms. The molecule has 0 heterocycles. The molecule has 2 aliphatic rings. The van der Waals surface area contributed by atoms with E-state index in [4.69, 9.17) is 10.5 Å². The monoisotopic (exact) mass is 352 g/mol. The molecule has 3 rings (SSSR count). The number of hydrogen-bond donors (Lipinski definition) is 2. The van der Waals surface area contributed by atoms with E-state index in [1.807, 2.05) is 31.2 Å². The molecule has 1 amide bonds. The SMILES string of the molecule is CCC(CNC(=O)C1C2CCC(C2)C1N)Oc1ccccc1C.Cl. The predicted molar refractivity (Wildman–Crippen MR) is 98.4 cm³/mol. The van der Waals surface area contributed by atoms with Crippen molar-refractivity contribution in [3.63, 3.8) is 0 Å². The van der Waals surface area contributed by atoms with E-state index in [-0.39, 0.29) is 36.4 Å². The van der Waals surface area contributed by atoms with Crippen LogP contribution in [0.2, 0.25) is 0 Å². The molecule has 1 aromatic carbocycles. The zero-order valence-corrected chi connectivity index (χ0v) is 15.4. The molecule has 0 aliphatic heterocycles. The summed E-state index contributed by atoms with van der Waals surface area (Å²) < 4.78 is 6.05. The van der Waals surface area contributed by atoms with Gasteiger partial charge in [0.2, 0.25) is 5.91 Å². The molecule has 2 saturated carbocycles. The first kappa shape index (κ1) is 19.1. The first-order valence-corrected chi connectivity index (χ1v) is 8.85. The number of nitrogens with two attached hydrogens (primary N) is 1. The van der Waals surface area contributed by atoms with Crippen LogP contribution in [0.25, 0.3) is 0 Å². The molecule has 0 saturated heterocycles. The summed E-state index contributed by atoms with van der Waals surface area (Å²) in [6.07, 6.45) is 4.35. The summed E-state index contributed by atoms with van der Waals surface area (Å²) in [5, 5.41) is 3.09. The van der Waals surface area contributed by atoms with Crippen LogP contribution >= 0.6 is 12.4 Å². The minimum absolute atomic E-state index is 0. The third-order valence-corrected chi connectivity index (χ3v) is 5.63. The smallest absolute Gasteiger partial charge is 0.225 e. The van der Waals surface area contributed by atoms with Crippen LogP contribution < -0.4 is 15.8 Å². The zero-order valence-electron chi connectivity index (χ0n) is 14.5. The van der Waals surface area contributed by atoms with Crippen LogP contribution in [0.3, 0.4) is 0 Å². The first-order valence-electron chi connectivity index (χ1n) is 8.85. The van der Waals surface area contributed by atoms with E-state index >= 15 is 0 Å². The maximum absolute atomic E-state index is 12.5. The lowest BCUT2D eigenvalue weighted by molar-refractivity contribution is -0.127. The average Bonchev–Trinajstić information content (AvgIpc) is 3.14. The molecule has 1 aromatic rings. The Bertz CT molecular complexity index is 564. The number of fused-ring (bicyclic) bond motifs is 2. The lowest BCUT2D eigenvalue weighted by atomic mass is 9.84. The highest BCUT2D eigenvalue weighted by molar-refractivity contribution is 5.85. The fraction of sp³-hybridized carbons (Fsp3) is 0.632. The molecule has 2 bridgehead atoms. The number of rotatable bonds is 6. The summed E-state index contributed by atoms with van der Waals surface area (Å²) in [7, 11) is 0. The van der Waals surface area contributed by atoms with E-state index in [9.17, 15) is 4.79 Å². The van der Waals surface area contributed by atoms with Crippen LogP contribution in [0.4, 0.5) is 0 Å². The van der Waals surface area contributed by atoms with Crippen LogP contribution in [0, 0.1) is 24.7 Å². The van der Waals surface area contributed by atoms with Crippen molar-refractivity contribution in [2.45, 2.75) is 51.7 Å². The Morgan fingerprint density at radius 2 is 2.04 bits per heavy atom. The van der Waals surface area contributed by atoms with Crippen molar-refractivity contribution < 1.29 is 9.53 Å². The molecule has 5 unspecified atom stereocenters. The highest BCUT2D eigenvalue weighted by Gasteiger charge is 2.48. The number of amides is 1. The maximum Gasteiger partial charge on any atom is 0.225 e. The Morgan fingerprint density at radius 3 is 2.67 bits per heavy atom. The van der Waals surface area contributed by atoms with Gasteiger partial charge in [-0.25, -0.2) is 0 Å². The summed E-state index contributed by atoms with van der Waals surface area (Å²) in [6.45, 7) is 4.66. The van der Waals surface area contributed by atoms with Crippen molar-refractivity contribution in [1.29, 1.82) is 0 Å². The third-order valence-electron chi connectivity index (χ3n) is 5.63. The Kier molecular flexibility index (Phi) is 6.53. The number of ether oxygens (including phenoxy) is 1. The highest BCUT2D eigenvalue weighted by Crippen LogP contribution is 2.47. The van der Waals surface area contributed by atoms with Gasteiger partial charge in [-0.3, -0.25) is 4.79 Å². The van der Waals surface area contributed by atoms with E-state index in [1.54, 1.807) is 0 Å². The highest BCUT2D eigenvalue weighted by atomic mass is 35.5. The molecular formula is C19H29ClN2O2. The number of para-hydroxylation sites is 1.